The molecule has 0 aromatic heterocycles. The van der Waals surface area contributed by atoms with E-state index in [4.69, 9.17) is 9.16 Å². The van der Waals surface area contributed by atoms with Crippen molar-refractivity contribution in [3.8, 4) is 0 Å². The topological polar surface area (TPSA) is 125 Å². The first kappa shape index (κ1) is 30.0. The summed E-state index contributed by atoms with van der Waals surface area (Å²) in [6.07, 6.45) is -2.50. The number of hydrogen-bond acceptors (Lipinski definition) is 7. The quantitative estimate of drug-likeness (QED) is 0.158. The maximum atomic E-state index is 12.1. The molecule has 1 radical (unpaired) electrons. The Hall–Kier alpha value is -1.18. The van der Waals surface area contributed by atoms with E-state index in [2.05, 4.69) is 14.1 Å². The Kier molecular flexibility index (Phi) is 12.0. The van der Waals surface area contributed by atoms with E-state index in [-0.39, 0.29) is 56.0 Å². The van der Waals surface area contributed by atoms with Gasteiger partial charge in [0.2, 0.25) is 0 Å². The SMILES string of the molecule is COC(=O)C(C(C)O[SiH2]P)N1C(=O)C(O)C1c1ccccc1.O=C1NC(c2ccccc2)C1O.[Ac]. The average molecular weight is 732 g/mol. The number of esters is 1. The molecule has 2 heterocycles. The van der Waals surface area contributed by atoms with Crippen molar-refractivity contribution in [3.05, 3.63) is 71.8 Å². The van der Waals surface area contributed by atoms with E-state index < -0.39 is 51.7 Å². The van der Waals surface area contributed by atoms with Crippen LogP contribution < -0.4 is 5.32 Å². The number of hydrogen-bond donors (Lipinski definition) is 3. The van der Waals surface area contributed by atoms with Gasteiger partial charge in [0, 0.05) is 44.1 Å². The van der Waals surface area contributed by atoms with Gasteiger partial charge in [-0.15, -0.1) is 8.79 Å². The van der Waals surface area contributed by atoms with Gasteiger partial charge in [0.25, 0.3) is 11.8 Å². The molecule has 2 aromatic rings. The van der Waals surface area contributed by atoms with Crippen LogP contribution in [0.5, 0.6) is 0 Å². The molecule has 2 aromatic carbocycles. The second kappa shape index (κ2) is 13.9. The number of methoxy groups -OCH3 is 1. The van der Waals surface area contributed by atoms with Crippen molar-refractivity contribution in [1.29, 1.82) is 0 Å². The molecule has 7 atom stereocenters. The molecular weight excluding hydrogens is 702 g/mol. The second-order valence-corrected chi connectivity index (χ2v) is 9.56. The molecule has 2 fully saturated rings. The molecule has 2 saturated heterocycles. The molecule has 0 spiro atoms. The summed E-state index contributed by atoms with van der Waals surface area (Å²) in [4.78, 5) is 36.3. The number of nitrogens with one attached hydrogen (secondary N) is 1. The number of nitrogens with zero attached hydrogens (tertiary/aromatic N) is 1. The number of likely N-dealkylation sites (tertiary alicyclic amines) is 1. The van der Waals surface area contributed by atoms with Crippen LogP contribution in [0.2, 0.25) is 0 Å². The summed E-state index contributed by atoms with van der Waals surface area (Å²) in [5.74, 6) is -1.31. The Morgan fingerprint density at radius 2 is 1.57 bits per heavy atom. The van der Waals surface area contributed by atoms with Gasteiger partial charge < -0.3 is 29.6 Å². The molecule has 2 aliphatic heterocycles. The van der Waals surface area contributed by atoms with E-state index in [0.717, 1.165) is 11.1 Å². The van der Waals surface area contributed by atoms with E-state index in [1.165, 1.54) is 12.0 Å². The smallest absolute Gasteiger partial charge is 0.331 e. The van der Waals surface area contributed by atoms with E-state index >= 15 is 0 Å². The van der Waals surface area contributed by atoms with Crippen molar-refractivity contribution in [2.24, 2.45) is 0 Å². The fourth-order valence-corrected chi connectivity index (χ4v) is 5.39. The molecule has 4 rings (SSSR count). The molecule has 0 aliphatic carbocycles. The zero-order valence-corrected chi connectivity index (χ0v) is 26.8. The third-order valence-electron chi connectivity index (χ3n) is 5.83. The molecule has 35 heavy (non-hydrogen) atoms. The molecule has 12 heteroatoms. The average Bonchev–Trinajstić information content (AvgIpc) is 2.87. The Morgan fingerprint density at radius 3 is 2.03 bits per heavy atom. The molecule has 185 valence electrons. The third-order valence-corrected chi connectivity index (χ3v) is 7.13. The van der Waals surface area contributed by atoms with E-state index in [1.54, 1.807) is 6.92 Å². The number of aliphatic hydroxyl groups is 2. The number of aliphatic hydroxyl groups excluding tert-OH is 2. The number of rotatable bonds is 7. The molecule has 9 nitrogen and oxygen atoms in total. The first-order valence-electron chi connectivity index (χ1n) is 10.8. The van der Waals surface area contributed by atoms with Crippen molar-refractivity contribution < 1.29 is 77.8 Å². The Labute approximate surface area is 244 Å². The van der Waals surface area contributed by atoms with Crippen LogP contribution in [0.3, 0.4) is 0 Å². The van der Waals surface area contributed by atoms with Crippen molar-refractivity contribution >= 4 is 36.0 Å². The molecule has 7 unspecified atom stereocenters. The summed E-state index contributed by atoms with van der Waals surface area (Å²) in [6, 6.07) is 16.9. The molecule has 2 aliphatic rings. The first-order chi connectivity index (χ1) is 16.3. The van der Waals surface area contributed by atoms with E-state index in [1.807, 2.05) is 60.7 Å². The van der Waals surface area contributed by atoms with E-state index in [9.17, 15) is 24.6 Å². The number of ether oxygens (including phenoxy) is 1. The number of carbonyl (C=O) groups excluding carboxylic acids is 3. The number of carbonyl (C=O) groups is 3. The van der Waals surface area contributed by atoms with Gasteiger partial charge >= 0.3 is 5.97 Å². The summed E-state index contributed by atoms with van der Waals surface area (Å²) >= 11 is 0. The predicted octanol–water partition coefficient (Wildman–Crippen LogP) is -0.0302. The Bertz CT molecular complexity index is 1000. The Morgan fingerprint density at radius 1 is 1.03 bits per heavy atom. The van der Waals surface area contributed by atoms with Crippen LogP contribution in [-0.2, 0) is 23.5 Å². The summed E-state index contributed by atoms with van der Waals surface area (Å²) < 4.78 is 10.4. The minimum absolute atomic E-state index is 0. The standard InChI is InChI=1S/C14H20NO5PSi.C9H9NO2.Ac/c1-8(20-22-21)10(14(18)19-2)15-11(12(16)13(15)17)9-6-4-3-5-7-9;11-8-7(10-9(8)12)6-4-2-1-3-5-6;/h3-8,10-12,16H,21-22H2,1-2H3;1-5,7-8,11H,(H,10,12);. The van der Waals surface area contributed by atoms with Crippen LogP contribution in [0.1, 0.15) is 30.1 Å². The van der Waals surface area contributed by atoms with Gasteiger partial charge in [-0.3, -0.25) is 9.59 Å². The summed E-state index contributed by atoms with van der Waals surface area (Å²) in [5, 5.41) is 21.9. The van der Waals surface area contributed by atoms with Crippen LogP contribution in [-0.4, -0.2) is 73.8 Å². The van der Waals surface area contributed by atoms with Crippen LogP contribution in [0.25, 0.3) is 0 Å². The fraction of sp³-hybridized carbons (Fsp3) is 0.348. The molecular formula is C23H29AcN2O7PSi. The summed E-state index contributed by atoms with van der Waals surface area (Å²) in [5.41, 5.74) is 1.73. The van der Waals surface area contributed by atoms with Gasteiger partial charge in [-0.25, -0.2) is 4.79 Å². The van der Waals surface area contributed by atoms with Gasteiger partial charge in [0.05, 0.1) is 25.3 Å². The van der Waals surface area contributed by atoms with Crippen molar-refractivity contribution in [2.45, 2.75) is 43.4 Å². The predicted molar refractivity (Wildman–Crippen MR) is 130 cm³/mol. The maximum Gasteiger partial charge on any atom is 0.331 e. The van der Waals surface area contributed by atoms with Gasteiger partial charge in [-0.2, -0.15) is 0 Å². The molecule has 0 bridgehead atoms. The van der Waals surface area contributed by atoms with Crippen LogP contribution in [0, 0.1) is 44.1 Å². The molecule has 3 N–H and O–H groups in total. The van der Waals surface area contributed by atoms with Crippen LogP contribution in [0.4, 0.5) is 0 Å². The zero-order valence-electron chi connectivity index (χ0n) is 19.5. The zero-order chi connectivity index (χ0) is 24.8. The molecule has 2 amide bonds. The summed E-state index contributed by atoms with van der Waals surface area (Å²) in [7, 11) is 2.98. The fourth-order valence-electron chi connectivity index (χ4n) is 3.99. The number of benzene rings is 2. The van der Waals surface area contributed by atoms with Crippen molar-refractivity contribution in [2.75, 3.05) is 7.11 Å². The minimum Gasteiger partial charge on any atom is -0.467 e. The van der Waals surface area contributed by atoms with Gasteiger partial charge in [0.15, 0.2) is 27.7 Å². The Balaban J connectivity index is 0.000000280. The van der Waals surface area contributed by atoms with Crippen LogP contribution >= 0.6 is 8.79 Å². The van der Waals surface area contributed by atoms with Gasteiger partial charge in [-0.1, -0.05) is 60.7 Å². The summed E-state index contributed by atoms with van der Waals surface area (Å²) in [6.45, 7) is 1.73. The molecule has 0 saturated carbocycles. The largest absolute Gasteiger partial charge is 0.467 e. The van der Waals surface area contributed by atoms with E-state index in [0.29, 0.717) is 0 Å². The number of β-lactam (4-membered cyclic amide) rings is 2. The monoisotopic (exact) mass is 731 g/mol. The second-order valence-electron chi connectivity index (χ2n) is 7.89. The van der Waals surface area contributed by atoms with Gasteiger partial charge in [-0.05, 0) is 18.1 Å². The maximum absolute atomic E-state index is 12.1. The normalized spacial score (nSPS) is 24.7. The van der Waals surface area contributed by atoms with Gasteiger partial charge in [0.1, 0.15) is 0 Å². The number of amides is 2. The van der Waals surface area contributed by atoms with Crippen molar-refractivity contribution in [1.82, 2.24) is 10.2 Å². The van der Waals surface area contributed by atoms with Crippen molar-refractivity contribution in [3.63, 3.8) is 0 Å². The van der Waals surface area contributed by atoms with Crippen LogP contribution in [0.15, 0.2) is 60.7 Å². The first-order valence-corrected chi connectivity index (χ1v) is 14.6. The minimum atomic E-state index is -1.14. The third kappa shape index (κ3) is 6.78.